The predicted octanol–water partition coefficient (Wildman–Crippen LogP) is 5.17. The monoisotopic (exact) mass is 378 g/mol. The van der Waals surface area contributed by atoms with E-state index in [1.807, 2.05) is 0 Å². The van der Waals surface area contributed by atoms with Crippen molar-refractivity contribution in [2.45, 2.75) is 6.18 Å². The van der Waals surface area contributed by atoms with Crippen molar-refractivity contribution >= 4 is 39.1 Å². The fraction of sp³-hybridized carbons (Fsp3) is 0.273. The normalized spacial score (nSPS) is 11.1. The van der Waals surface area contributed by atoms with Crippen molar-refractivity contribution < 1.29 is 22.6 Å². The van der Waals surface area contributed by atoms with Crippen LogP contribution in [0.2, 0.25) is 0 Å². The van der Waals surface area contributed by atoms with E-state index in [4.69, 9.17) is 32.7 Å². The number of rotatable bonds is 4. The Bertz CT molecular complexity index is 486. The fourth-order valence-electron chi connectivity index (χ4n) is 1.27. The minimum absolute atomic E-state index is 0.0193. The summed E-state index contributed by atoms with van der Waals surface area (Å²) < 4.78 is 48.4. The van der Waals surface area contributed by atoms with Crippen LogP contribution in [0.25, 0.3) is 0 Å². The van der Waals surface area contributed by atoms with Gasteiger partial charge >= 0.3 is 6.18 Å². The first kappa shape index (κ1) is 16.5. The van der Waals surface area contributed by atoms with Crippen LogP contribution in [0.3, 0.4) is 0 Å². The van der Waals surface area contributed by atoms with Crippen molar-refractivity contribution in [2.24, 2.45) is 0 Å². The lowest BCUT2D eigenvalue weighted by Crippen LogP contribution is -2.08. The highest BCUT2D eigenvalue weighted by Gasteiger charge is 2.36. The van der Waals surface area contributed by atoms with E-state index in [-0.39, 0.29) is 27.1 Å². The maximum atomic E-state index is 12.8. The predicted molar refractivity (Wildman–Crippen MR) is 71.0 cm³/mol. The summed E-state index contributed by atoms with van der Waals surface area (Å²) in [6, 6.07) is 2.21. The summed E-state index contributed by atoms with van der Waals surface area (Å²) in [5.74, 6) is -0.281. The number of hydrogen-bond acceptors (Lipinski definition) is 2. The Hall–Kier alpha value is -0.590. The molecule has 106 valence electrons. The first-order chi connectivity index (χ1) is 8.75. The lowest BCUT2D eigenvalue weighted by molar-refractivity contribution is -0.138. The van der Waals surface area contributed by atoms with E-state index in [2.05, 4.69) is 15.9 Å². The van der Waals surface area contributed by atoms with E-state index in [1.165, 1.54) is 12.1 Å². The molecule has 0 atom stereocenters. The van der Waals surface area contributed by atoms with Crippen molar-refractivity contribution in [1.29, 1.82) is 0 Å². The number of ether oxygens (including phenoxy) is 2. The van der Waals surface area contributed by atoms with E-state index < -0.39 is 11.7 Å². The Labute approximate surface area is 126 Å². The molecule has 0 bridgehead atoms. The van der Waals surface area contributed by atoms with Gasteiger partial charge in [0.15, 0.2) is 0 Å². The molecule has 0 fully saturated rings. The third kappa shape index (κ3) is 4.78. The topological polar surface area (TPSA) is 18.5 Å². The number of hydrogen-bond donors (Lipinski definition) is 0. The number of methoxy groups -OCH3 is 1. The van der Waals surface area contributed by atoms with Gasteiger partial charge in [0.2, 0.25) is 0 Å². The summed E-state index contributed by atoms with van der Waals surface area (Å²) in [5.41, 5.74) is -0.930. The Morgan fingerprint density at radius 2 is 2.00 bits per heavy atom. The Kier molecular flexibility index (Phi) is 5.82. The average molecular weight is 380 g/mol. The van der Waals surface area contributed by atoms with Crippen LogP contribution < -0.4 is 9.47 Å². The largest absolute Gasteiger partial charge is 0.495 e. The Balaban J connectivity index is 3.10. The molecule has 8 heteroatoms. The molecule has 2 nitrogen and oxygen atoms in total. The second-order valence-corrected chi connectivity index (χ2v) is 5.15. The highest BCUT2D eigenvalue weighted by atomic mass is 79.9. The van der Waals surface area contributed by atoms with E-state index in [0.717, 1.165) is 13.2 Å². The molecule has 0 heterocycles. The van der Waals surface area contributed by atoms with Gasteiger partial charge in [-0.2, -0.15) is 13.2 Å². The molecule has 0 aromatic heterocycles. The molecule has 0 aliphatic rings. The maximum absolute atomic E-state index is 12.8. The molecule has 0 radical (unpaired) electrons. The molecule has 0 saturated carbocycles. The van der Waals surface area contributed by atoms with E-state index in [9.17, 15) is 13.2 Å². The zero-order valence-electron chi connectivity index (χ0n) is 9.52. The first-order valence-electron chi connectivity index (χ1n) is 4.84. The van der Waals surface area contributed by atoms with E-state index >= 15 is 0 Å². The summed E-state index contributed by atoms with van der Waals surface area (Å²) in [7, 11) is 1.16. The SMILES string of the molecule is COc1c(Br)cc(OCC=C(Cl)Cl)cc1C(F)(F)F. The lowest BCUT2D eigenvalue weighted by atomic mass is 10.2. The molecule has 0 amide bonds. The second kappa shape index (κ2) is 6.72. The summed E-state index contributed by atoms with van der Waals surface area (Å²) >= 11 is 13.7. The van der Waals surface area contributed by atoms with Crippen LogP contribution in [-0.4, -0.2) is 13.7 Å². The molecular formula is C11H8BrCl2F3O2. The standard InChI is InChI=1S/C11H8BrCl2F3O2/c1-18-10-7(11(15,16)17)4-6(5-8(10)12)19-3-2-9(13)14/h2,4-5H,3H2,1H3. The van der Waals surface area contributed by atoms with Crippen LogP contribution in [0.1, 0.15) is 5.56 Å². The molecule has 0 saturated heterocycles. The zero-order chi connectivity index (χ0) is 14.6. The van der Waals surface area contributed by atoms with Crippen LogP contribution >= 0.6 is 39.1 Å². The van der Waals surface area contributed by atoms with Crippen LogP contribution in [0.5, 0.6) is 11.5 Å². The van der Waals surface area contributed by atoms with E-state index in [0.29, 0.717) is 0 Å². The fourth-order valence-corrected chi connectivity index (χ4v) is 2.00. The van der Waals surface area contributed by atoms with Crippen LogP contribution in [0.15, 0.2) is 27.2 Å². The van der Waals surface area contributed by atoms with Crippen molar-refractivity contribution in [3.8, 4) is 11.5 Å². The first-order valence-corrected chi connectivity index (χ1v) is 6.39. The van der Waals surface area contributed by atoms with Gasteiger partial charge in [-0.3, -0.25) is 0 Å². The molecule has 0 aliphatic carbocycles. The van der Waals surface area contributed by atoms with Crippen LogP contribution in [0, 0.1) is 0 Å². The highest BCUT2D eigenvalue weighted by Crippen LogP contribution is 2.42. The van der Waals surface area contributed by atoms with Crippen molar-refractivity contribution in [3.63, 3.8) is 0 Å². The minimum atomic E-state index is -4.55. The van der Waals surface area contributed by atoms with E-state index in [1.54, 1.807) is 0 Å². The van der Waals surface area contributed by atoms with Crippen LogP contribution in [-0.2, 0) is 6.18 Å². The molecule has 0 unspecified atom stereocenters. The smallest absolute Gasteiger partial charge is 0.420 e. The van der Waals surface area contributed by atoms with Gasteiger partial charge in [-0.1, -0.05) is 23.2 Å². The summed E-state index contributed by atoms with van der Waals surface area (Å²) in [6.07, 6.45) is -3.23. The molecule has 1 rings (SSSR count). The average Bonchev–Trinajstić information content (AvgIpc) is 2.26. The summed E-state index contributed by atoms with van der Waals surface area (Å²) in [5, 5.41) is 0. The lowest BCUT2D eigenvalue weighted by Gasteiger charge is -2.15. The highest BCUT2D eigenvalue weighted by molar-refractivity contribution is 9.10. The molecule has 0 N–H and O–H groups in total. The summed E-state index contributed by atoms with van der Waals surface area (Å²) in [4.78, 5) is 0. The Morgan fingerprint density at radius 3 is 2.47 bits per heavy atom. The van der Waals surface area contributed by atoms with Gasteiger partial charge in [0, 0.05) is 0 Å². The quantitative estimate of drug-likeness (QED) is 0.718. The van der Waals surface area contributed by atoms with Gasteiger partial charge in [-0.05, 0) is 34.1 Å². The van der Waals surface area contributed by atoms with Crippen molar-refractivity contribution in [1.82, 2.24) is 0 Å². The van der Waals surface area contributed by atoms with Gasteiger partial charge in [0.1, 0.15) is 28.2 Å². The third-order valence-electron chi connectivity index (χ3n) is 2.01. The molecule has 19 heavy (non-hydrogen) atoms. The summed E-state index contributed by atoms with van der Waals surface area (Å²) in [6.45, 7) is -0.0433. The zero-order valence-corrected chi connectivity index (χ0v) is 12.6. The second-order valence-electron chi connectivity index (χ2n) is 3.29. The van der Waals surface area contributed by atoms with Gasteiger partial charge in [0.25, 0.3) is 0 Å². The molecular weight excluding hydrogens is 372 g/mol. The molecule has 1 aromatic carbocycles. The van der Waals surface area contributed by atoms with Crippen molar-refractivity contribution in [2.75, 3.05) is 13.7 Å². The number of halogens is 6. The van der Waals surface area contributed by atoms with Gasteiger partial charge in [-0.25, -0.2) is 0 Å². The number of alkyl halides is 3. The van der Waals surface area contributed by atoms with Gasteiger partial charge in [0.05, 0.1) is 11.6 Å². The maximum Gasteiger partial charge on any atom is 0.420 e. The third-order valence-corrected chi connectivity index (χ3v) is 2.91. The van der Waals surface area contributed by atoms with Gasteiger partial charge < -0.3 is 9.47 Å². The molecule has 0 aliphatic heterocycles. The minimum Gasteiger partial charge on any atom is -0.495 e. The van der Waals surface area contributed by atoms with Gasteiger partial charge in [-0.15, -0.1) is 0 Å². The molecule has 1 aromatic rings. The molecule has 0 spiro atoms. The van der Waals surface area contributed by atoms with Crippen LogP contribution in [0.4, 0.5) is 13.2 Å². The Morgan fingerprint density at radius 1 is 1.37 bits per heavy atom. The van der Waals surface area contributed by atoms with Crippen molar-refractivity contribution in [3.05, 3.63) is 32.7 Å². The number of benzene rings is 1.